The first-order valence-corrected chi connectivity index (χ1v) is 7.63. The van der Waals surface area contributed by atoms with E-state index >= 15 is 0 Å². The Morgan fingerprint density at radius 1 is 1.32 bits per heavy atom. The molecule has 7 heteroatoms. The summed E-state index contributed by atoms with van der Waals surface area (Å²) in [5, 5.41) is 5.02. The number of imidazole rings is 1. The normalized spacial score (nSPS) is 16.4. The largest absolute Gasteiger partial charge is 0.381 e. The molecule has 6 nitrogen and oxygen atoms in total. The fraction of sp³-hybridized carbons (Fsp3) is 0.333. The van der Waals surface area contributed by atoms with Gasteiger partial charge >= 0.3 is 5.69 Å². The van der Waals surface area contributed by atoms with Gasteiger partial charge in [0.15, 0.2) is 0 Å². The molecule has 2 aromatic heterocycles. The van der Waals surface area contributed by atoms with Crippen molar-refractivity contribution in [3.8, 4) is 5.69 Å². The highest BCUT2D eigenvalue weighted by Gasteiger charge is 2.18. The third kappa shape index (κ3) is 2.24. The van der Waals surface area contributed by atoms with E-state index in [2.05, 4.69) is 10.1 Å². The van der Waals surface area contributed by atoms with Gasteiger partial charge in [-0.25, -0.2) is 4.79 Å². The third-order valence-corrected chi connectivity index (χ3v) is 4.29. The Balaban J connectivity index is 1.79. The van der Waals surface area contributed by atoms with Gasteiger partial charge in [-0.1, -0.05) is 11.6 Å². The van der Waals surface area contributed by atoms with Crippen LogP contribution in [0.5, 0.6) is 0 Å². The number of aromatic amines is 1. The van der Waals surface area contributed by atoms with Crippen molar-refractivity contribution < 1.29 is 4.74 Å². The predicted molar refractivity (Wildman–Crippen MR) is 83.8 cm³/mol. The SMILES string of the molecule is O=c1[nH]c2ccc(Cl)cc2n1-c1cnn(C2CCOCC2)c1. The minimum absolute atomic E-state index is 0.191. The Hall–Kier alpha value is -2.05. The average Bonchev–Trinajstić information content (AvgIpc) is 3.11. The Kier molecular flexibility index (Phi) is 3.28. The minimum atomic E-state index is -0.191. The molecule has 3 aromatic rings. The van der Waals surface area contributed by atoms with Crippen molar-refractivity contribution in [1.29, 1.82) is 0 Å². The number of ether oxygens (including phenoxy) is 1. The number of hydrogen-bond donors (Lipinski definition) is 1. The number of aromatic nitrogens is 4. The number of nitrogens with one attached hydrogen (secondary N) is 1. The number of hydrogen-bond acceptors (Lipinski definition) is 3. The molecule has 1 aliphatic rings. The summed E-state index contributed by atoms with van der Waals surface area (Å²) in [5.74, 6) is 0. The number of rotatable bonds is 2. The van der Waals surface area contributed by atoms with E-state index in [9.17, 15) is 4.79 Å². The highest BCUT2D eigenvalue weighted by atomic mass is 35.5. The van der Waals surface area contributed by atoms with Gasteiger partial charge < -0.3 is 9.72 Å². The van der Waals surface area contributed by atoms with E-state index in [1.165, 1.54) is 0 Å². The van der Waals surface area contributed by atoms with Crippen LogP contribution in [0.25, 0.3) is 16.7 Å². The number of fused-ring (bicyclic) bond motifs is 1. The molecule has 0 bridgehead atoms. The van der Waals surface area contributed by atoms with Gasteiger partial charge in [-0.3, -0.25) is 9.25 Å². The molecule has 1 aliphatic heterocycles. The molecule has 0 spiro atoms. The van der Waals surface area contributed by atoms with E-state index < -0.39 is 0 Å². The molecule has 4 rings (SSSR count). The summed E-state index contributed by atoms with van der Waals surface area (Å²) in [6.07, 6.45) is 5.50. The second-order valence-corrected chi connectivity index (χ2v) is 5.89. The van der Waals surface area contributed by atoms with Crippen LogP contribution in [0, 0.1) is 0 Å². The van der Waals surface area contributed by atoms with Crippen LogP contribution in [0.1, 0.15) is 18.9 Å². The van der Waals surface area contributed by atoms with Gasteiger partial charge in [0, 0.05) is 24.4 Å². The van der Waals surface area contributed by atoms with Gasteiger partial charge in [0.1, 0.15) is 0 Å². The van der Waals surface area contributed by atoms with E-state index in [-0.39, 0.29) is 5.69 Å². The zero-order valence-corrected chi connectivity index (χ0v) is 12.6. The van der Waals surface area contributed by atoms with Crippen LogP contribution in [0.2, 0.25) is 5.02 Å². The van der Waals surface area contributed by atoms with E-state index in [0.717, 1.165) is 42.8 Å². The summed E-state index contributed by atoms with van der Waals surface area (Å²) in [4.78, 5) is 15.1. The monoisotopic (exact) mass is 318 g/mol. The predicted octanol–water partition coefficient (Wildman–Crippen LogP) is 2.52. The summed E-state index contributed by atoms with van der Waals surface area (Å²) >= 11 is 6.05. The molecule has 114 valence electrons. The van der Waals surface area contributed by atoms with Crippen LogP contribution < -0.4 is 5.69 Å². The van der Waals surface area contributed by atoms with Gasteiger partial charge in [0.25, 0.3) is 0 Å². The zero-order valence-electron chi connectivity index (χ0n) is 11.8. The second kappa shape index (κ2) is 5.30. The molecule has 0 radical (unpaired) electrons. The van der Waals surface area contributed by atoms with E-state index in [1.54, 1.807) is 29.0 Å². The summed E-state index contributed by atoms with van der Waals surface area (Å²) in [6.45, 7) is 1.50. The number of H-pyrrole nitrogens is 1. The lowest BCUT2D eigenvalue weighted by Gasteiger charge is -2.22. The average molecular weight is 319 g/mol. The van der Waals surface area contributed by atoms with Gasteiger partial charge in [0.05, 0.1) is 29.0 Å². The molecule has 1 aromatic carbocycles. The van der Waals surface area contributed by atoms with Crippen molar-refractivity contribution in [2.45, 2.75) is 18.9 Å². The highest BCUT2D eigenvalue weighted by Crippen LogP contribution is 2.23. The van der Waals surface area contributed by atoms with Crippen LogP contribution >= 0.6 is 11.6 Å². The summed E-state index contributed by atoms with van der Waals surface area (Å²) < 4.78 is 8.90. The molecule has 1 saturated heterocycles. The van der Waals surface area contributed by atoms with E-state index in [4.69, 9.17) is 16.3 Å². The molecular formula is C15H15ClN4O2. The van der Waals surface area contributed by atoms with Crippen LogP contribution in [0.3, 0.4) is 0 Å². The first-order valence-electron chi connectivity index (χ1n) is 7.25. The molecule has 0 saturated carbocycles. The molecule has 1 fully saturated rings. The van der Waals surface area contributed by atoms with Crippen LogP contribution in [-0.4, -0.2) is 32.5 Å². The summed E-state index contributed by atoms with van der Waals surface area (Å²) in [7, 11) is 0. The Morgan fingerprint density at radius 3 is 2.95 bits per heavy atom. The fourth-order valence-electron chi connectivity index (χ4n) is 2.93. The zero-order chi connectivity index (χ0) is 15.1. The molecule has 0 atom stereocenters. The summed E-state index contributed by atoms with van der Waals surface area (Å²) in [5.41, 5.74) is 2.06. The number of nitrogens with zero attached hydrogens (tertiary/aromatic N) is 3. The van der Waals surface area contributed by atoms with Gasteiger partial charge in [-0.2, -0.15) is 5.10 Å². The van der Waals surface area contributed by atoms with Crippen molar-refractivity contribution in [1.82, 2.24) is 19.3 Å². The molecule has 3 heterocycles. The highest BCUT2D eigenvalue weighted by molar-refractivity contribution is 6.31. The van der Waals surface area contributed by atoms with Gasteiger partial charge in [-0.15, -0.1) is 0 Å². The first kappa shape index (κ1) is 13.6. The van der Waals surface area contributed by atoms with Crippen LogP contribution in [0.15, 0.2) is 35.4 Å². The molecule has 22 heavy (non-hydrogen) atoms. The molecule has 0 amide bonds. The van der Waals surface area contributed by atoms with Crippen molar-refractivity contribution in [2.24, 2.45) is 0 Å². The summed E-state index contributed by atoms with van der Waals surface area (Å²) in [6, 6.07) is 5.67. The van der Waals surface area contributed by atoms with Gasteiger partial charge in [0.2, 0.25) is 0 Å². The first-order chi connectivity index (χ1) is 10.7. The quantitative estimate of drug-likeness (QED) is 0.789. The van der Waals surface area contributed by atoms with Crippen molar-refractivity contribution in [3.63, 3.8) is 0 Å². The molecule has 0 unspecified atom stereocenters. The van der Waals surface area contributed by atoms with Crippen molar-refractivity contribution in [2.75, 3.05) is 13.2 Å². The fourth-order valence-corrected chi connectivity index (χ4v) is 3.09. The third-order valence-electron chi connectivity index (χ3n) is 4.06. The Morgan fingerprint density at radius 2 is 2.14 bits per heavy atom. The maximum Gasteiger partial charge on any atom is 0.331 e. The minimum Gasteiger partial charge on any atom is -0.381 e. The maximum atomic E-state index is 12.2. The smallest absolute Gasteiger partial charge is 0.331 e. The van der Waals surface area contributed by atoms with Gasteiger partial charge in [-0.05, 0) is 31.0 Å². The Labute approximate surface area is 131 Å². The van der Waals surface area contributed by atoms with E-state index in [0.29, 0.717) is 11.1 Å². The lowest BCUT2D eigenvalue weighted by atomic mass is 10.1. The molecular weight excluding hydrogens is 304 g/mol. The standard InChI is InChI=1S/C15H15ClN4O2/c16-10-1-2-13-14(7-10)20(15(21)18-13)12-8-17-19(9-12)11-3-5-22-6-4-11/h1-2,7-9,11H,3-6H2,(H,18,21). The lowest BCUT2D eigenvalue weighted by Crippen LogP contribution is -2.20. The lowest BCUT2D eigenvalue weighted by molar-refractivity contribution is 0.0662. The molecule has 1 N–H and O–H groups in total. The molecule has 0 aliphatic carbocycles. The Bertz CT molecular complexity index is 873. The number of halogens is 1. The topological polar surface area (TPSA) is 64.8 Å². The van der Waals surface area contributed by atoms with Crippen LogP contribution in [-0.2, 0) is 4.74 Å². The number of benzene rings is 1. The van der Waals surface area contributed by atoms with Crippen molar-refractivity contribution in [3.05, 3.63) is 46.1 Å². The maximum absolute atomic E-state index is 12.2. The second-order valence-electron chi connectivity index (χ2n) is 5.45. The van der Waals surface area contributed by atoms with Crippen LogP contribution in [0.4, 0.5) is 0 Å². The van der Waals surface area contributed by atoms with E-state index in [1.807, 2.05) is 10.9 Å². The van der Waals surface area contributed by atoms with Crippen molar-refractivity contribution >= 4 is 22.6 Å².